The number of aliphatic hydroxyl groups is 3. The lowest BCUT2D eigenvalue weighted by Gasteiger charge is -2.39. The lowest BCUT2D eigenvalue weighted by molar-refractivity contribution is -0.285. The summed E-state index contributed by atoms with van der Waals surface area (Å²) < 4.78 is 15.0. The summed E-state index contributed by atoms with van der Waals surface area (Å²) in [5.41, 5.74) is -0.840. The highest BCUT2D eigenvalue weighted by molar-refractivity contribution is 5.91. The van der Waals surface area contributed by atoms with Crippen molar-refractivity contribution in [2.24, 2.45) is 0 Å². The van der Waals surface area contributed by atoms with E-state index >= 15 is 0 Å². The molecule has 2 aromatic carbocycles. The average molecular weight is 484 g/mol. The van der Waals surface area contributed by atoms with Gasteiger partial charge in [-0.1, -0.05) is 0 Å². The molecule has 1 aliphatic heterocycles. The summed E-state index contributed by atoms with van der Waals surface area (Å²) in [6.07, 6.45) is -9.09. The number of rotatable bonds is 5. The Morgan fingerprint density at radius 3 is 1.62 bits per heavy atom. The molecule has 0 unspecified atom stereocenters. The fraction of sp³-hybridized carbons (Fsp3) is 0.300. The fourth-order valence-corrected chi connectivity index (χ4v) is 3.01. The maximum atomic E-state index is 12.3. The average Bonchev–Trinajstić information content (AvgIpc) is 2.79. The van der Waals surface area contributed by atoms with Gasteiger partial charge in [-0.15, -0.1) is 0 Å². The number of carbonyl (C=O) groups is 2. The monoisotopic (exact) mass is 484 g/mol. The number of esters is 2. The van der Waals surface area contributed by atoms with E-state index in [4.69, 9.17) is 14.2 Å². The Morgan fingerprint density at radius 2 is 1.15 bits per heavy atom. The first-order chi connectivity index (χ1) is 15.9. The standard InChI is InChI=1S/C20H20O14/c21-8-1-6(2-9(22)13(8)25)18(30)32-5-12-15(27)16(28)17(29)20(33-12)34-19(31)7-3-10(23)14(26)11(24)4-7/h1-4,12,15-17,20-29H,5H2/t12-,15+,16+,17+,20-/m0/s1. The van der Waals surface area contributed by atoms with Gasteiger partial charge in [0.15, 0.2) is 34.5 Å². The lowest BCUT2D eigenvalue weighted by atomic mass is 9.99. The highest BCUT2D eigenvalue weighted by atomic mass is 16.7. The van der Waals surface area contributed by atoms with Gasteiger partial charge in [0.25, 0.3) is 0 Å². The van der Waals surface area contributed by atoms with E-state index in [-0.39, 0.29) is 5.56 Å². The van der Waals surface area contributed by atoms with Crippen molar-refractivity contribution in [1.82, 2.24) is 0 Å². The number of hydrogen-bond donors (Lipinski definition) is 9. The topological polar surface area (TPSA) is 244 Å². The van der Waals surface area contributed by atoms with Crippen LogP contribution >= 0.6 is 0 Å². The molecule has 0 bridgehead atoms. The van der Waals surface area contributed by atoms with Gasteiger partial charge in [0.1, 0.15) is 31.0 Å². The van der Waals surface area contributed by atoms with E-state index in [0.717, 1.165) is 24.3 Å². The summed E-state index contributed by atoms with van der Waals surface area (Å²) in [5, 5.41) is 86.9. The Balaban J connectivity index is 1.70. The molecule has 184 valence electrons. The summed E-state index contributed by atoms with van der Waals surface area (Å²) in [6.45, 7) is -0.749. The highest BCUT2D eigenvalue weighted by Gasteiger charge is 2.46. The summed E-state index contributed by atoms with van der Waals surface area (Å²) in [7, 11) is 0. The second-order valence-electron chi connectivity index (χ2n) is 7.24. The molecule has 1 heterocycles. The summed E-state index contributed by atoms with van der Waals surface area (Å²) in [4.78, 5) is 24.5. The zero-order valence-electron chi connectivity index (χ0n) is 17.0. The predicted octanol–water partition coefficient (Wildman–Crippen LogP) is -1.26. The second kappa shape index (κ2) is 9.48. The smallest absolute Gasteiger partial charge is 0.340 e. The number of aromatic hydroxyl groups is 6. The van der Waals surface area contributed by atoms with E-state index in [1.165, 1.54) is 0 Å². The zero-order chi connectivity index (χ0) is 25.3. The maximum absolute atomic E-state index is 12.3. The SMILES string of the molecule is O=C(OC[C@@H]1O[C@@H](OC(=O)c2cc(O)c(O)c(O)c2)[C@H](O)[C@H](O)[C@@H]1O)c1cc(O)c(O)c(O)c1. The van der Waals surface area contributed by atoms with Gasteiger partial charge in [0, 0.05) is 0 Å². The molecular formula is C20H20O14. The molecule has 2 aromatic rings. The predicted molar refractivity (Wildman–Crippen MR) is 105 cm³/mol. The lowest BCUT2D eigenvalue weighted by Crippen LogP contribution is -2.59. The van der Waals surface area contributed by atoms with Crippen LogP contribution in [0.4, 0.5) is 0 Å². The third kappa shape index (κ3) is 4.84. The molecule has 1 saturated heterocycles. The molecule has 0 saturated carbocycles. The molecular weight excluding hydrogens is 464 g/mol. The van der Waals surface area contributed by atoms with E-state index in [0.29, 0.717) is 0 Å². The molecule has 0 aromatic heterocycles. The summed E-state index contributed by atoms with van der Waals surface area (Å²) in [5.74, 6) is -7.45. The first-order valence-electron chi connectivity index (χ1n) is 9.48. The van der Waals surface area contributed by atoms with Crippen molar-refractivity contribution in [2.75, 3.05) is 6.61 Å². The first-order valence-corrected chi connectivity index (χ1v) is 9.48. The van der Waals surface area contributed by atoms with E-state index in [9.17, 15) is 55.5 Å². The Hall–Kier alpha value is -3.98. The molecule has 1 aliphatic rings. The largest absolute Gasteiger partial charge is 0.504 e. The van der Waals surface area contributed by atoms with Crippen LogP contribution < -0.4 is 0 Å². The maximum Gasteiger partial charge on any atom is 0.340 e. The van der Waals surface area contributed by atoms with Crippen molar-refractivity contribution in [3.05, 3.63) is 35.4 Å². The van der Waals surface area contributed by atoms with Crippen LogP contribution in [0.3, 0.4) is 0 Å². The van der Waals surface area contributed by atoms with Crippen LogP contribution in [0.2, 0.25) is 0 Å². The number of phenolic OH excluding ortho intramolecular Hbond substituents is 6. The highest BCUT2D eigenvalue weighted by Crippen LogP contribution is 2.37. The molecule has 0 amide bonds. The molecule has 14 heteroatoms. The van der Waals surface area contributed by atoms with Gasteiger partial charge in [0.05, 0.1) is 11.1 Å². The van der Waals surface area contributed by atoms with Crippen LogP contribution in [0.15, 0.2) is 24.3 Å². The molecule has 0 spiro atoms. The number of ether oxygens (including phenoxy) is 3. The van der Waals surface area contributed by atoms with Gasteiger partial charge in [-0.3, -0.25) is 0 Å². The van der Waals surface area contributed by atoms with Gasteiger partial charge in [0.2, 0.25) is 6.29 Å². The van der Waals surface area contributed by atoms with Crippen molar-refractivity contribution in [1.29, 1.82) is 0 Å². The van der Waals surface area contributed by atoms with Crippen LogP contribution in [0.5, 0.6) is 34.5 Å². The molecule has 1 fully saturated rings. The zero-order valence-corrected chi connectivity index (χ0v) is 17.0. The molecule has 9 N–H and O–H groups in total. The number of benzene rings is 2. The van der Waals surface area contributed by atoms with Crippen molar-refractivity contribution in [2.45, 2.75) is 30.7 Å². The van der Waals surface area contributed by atoms with Crippen LogP contribution in [0.1, 0.15) is 20.7 Å². The van der Waals surface area contributed by atoms with Gasteiger partial charge in [-0.2, -0.15) is 0 Å². The van der Waals surface area contributed by atoms with Crippen molar-refractivity contribution >= 4 is 11.9 Å². The molecule has 14 nitrogen and oxygen atoms in total. The van der Waals surface area contributed by atoms with Gasteiger partial charge < -0.3 is 60.2 Å². The number of phenols is 6. The molecule has 34 heavy (non-hydrogen) atoms. The number of carbonyl (C=O) groups excluding carboxylic acids is 2. The summed E-state index contributed by atoms with van der Waals surface area (Å²) >= 11 is 0. The van der Waals surface area contributed by atoms with E-state index in [1.807, 2.05) is 0 Å². The second-order valence-corrected chi connectivity index (χ2v) is 7.24. The quantitative estimate of drug-likeness (QED) is 0.178. The Kier molecular flexibility index (Phi) is 6.88. The fourth-order valence-electron chi connectivity index (χ4n) is 3.01. The Labute approximate surface area is 189 Å². The van der Waals surface area contributed by atoms with Gasteiger partial charge in [-0.05, 0) is 24.3 Å². The number of hydrogen-bond acceptors (Lipinski definition) is 14. The minimum absolute atomic E-state index is 0.381. The van der Waals surface area contributed by atoms with Crippen LogP contribution in [0.25, 0.3) is 0 Å². The third-order valence-electron chi connectivity index (χ3n) is 4.88. The Bertz CT molecular complexity index is 1050. The molecule has 5 atom stereocenters. The van der Waals surface area contributed by atoms with Gasteiger partial charge in [-0.25, -0.2) is 9.59 Å². The molecule has 0 aliphatic carbocycles. The van der Waals surface area contributed by atoms with E-state index in [2.05, 4.69) is 0 Å². The minimum Gasteiger partial charge on any atom is -0.504 e. The van der Waals surface area contributed by atoms with E-state index < -0.39 is 89.3 Å². The minimum atomic E-state index is -1.95. The molecule has 0 radical (unpaired) electrons. The van der Waals surface area contributed by atoms with Crippen LogP contribution in [-0.2, 0) is 14.2 Å². The van der Waals surface area contributed by atoms with Crippen molar-refractivity contribution in [3.63, 3.8) is 0 Å². The first kappa shape index (κ1) is 24.7. The summed E-state index contributed by atoms with van der Waals surface area (Å²) in [6, 6.07) is 3.08. The normalized spacial score (nSPS) is 24.4. The van der Waals surface area contributed by atoms with Crippen LogP contribution in [0, 0.1) is 0 Å². The van der Waals surface area contributed by atoms with Gasteiger partial charge >= 0.3 is 11.9 Å². The number of aliphatic hydroxyl groups excluding tert-OH is 3. The van der Waals surface area contributed by atoms with Crippen molar-refractivity contribution < 1.29 is 69.8 Å². The van der Waals surface area contributed by atoms with E-state index in [1.54, 1.807) is 0 Å². The van der Waals surface area contributed by atoms with Crippen LogP contribution in [-0.4, -0.2) is 95.2 Å². The third-order valence-corrected chi connectivity index (χ3v) is 4.88. The molecule has 3 rings (SSSR count). The Morgan fingerprint density at radius 1 is 0.706 bits per heavy atom. The van der Waals surface area contributed by atoms with Crippen molar-refractivity contribution in [3.8, 4) is 34.5 Å².